The van der Waals surface area contributed by atoms with E-state index in [2.05, 4.69) is 5.32 Å². The molecule has 29 heavy (non-hydrogen) atoms. The van der Waals surface area contributed by atoms with Gasteiger partial charge in [-0.1, -0.05) is 26.0 Å². The highest BCUT2D eigenvalue weighted by atomic mass is 19.1. The van der Waals surface area contributed by atoms with Crippen molar-refractivity contribution in [3.8, 4) is 0 Å². The first-order chi connectivity index (χ1) is 13.8. The molecule has 3 rings (SSSR count). The molecule has 0 spiro atoms. The third-order valence-electron chi connectivity index (χ3n) is 4.43. The number of nitrogens with one attached hydrogen (secondary N) is 1. The molecule has 4 amide bonds. The summed E-state index contributed by atoms with van der Waals surface area (Å²) in [6.07, 6.45) is -0.292. The fourth-order valence-corrected chi connectivity index (χ4v) is 3.24. The number of anilines is 2. The lowest BCUT2D eigenvalue weighted by atomic mass is 10.1. The van der Waals surface area contributed by atoms with Crippen molar-refractivity contribution >= 4 is 29.2 Å². The van der Waals surface area contributed by atoms with Gasteiger partial charge in [-0.05, 0) is 42.3 Å². The molecule has 1 saturated heterocycles. The number of rotatable bonds is 6. The van der Waals surface area contributed by atoms with Crippen molar-refractivity contribution in [2.75, 3.05) is 16.8 Å². The van der Waals surface area contributed by atoms with Gasteiger partial charge in [-0.25, -0.2) is 18.5 Å². The third kappa shape index (κ3) is 4.59. The van der Waals surface area contributed by atoms with Crippen molar-refractivity contribution in [2.45, 2.75) is 26.3 Å². The van der Waals surface area contributed by atoms with E-state index >= 15 is 0 Å². The number of urea groups is 1. The van der Waals surface area contributed by atoms with Crippen molar-refractivity contribution in [2.24, 2.45) is 5.92 Å². The van der Waals surface area contributed by atoms with Crippen LogP contribution in [0.1, 0.15) is 20.3 Å². The summed E-state index contributed by atoms with van der Waals surface area (Å²) in [7, 11) is 0. The summed E-state index contributed by atoms with van der Waals surface area (Å²) >= 11 is 0. The maximum Gasteiger partial charge on any atom is 0.332 e. The van der Waals surface area contributed by atoms with Gasteiger partial charge in [-0.2, -0.15) is 0 Å². The van der Waals surface area contributed by atoms with Gasteiger partial charge in [0.1, 0.15) is 17.7 Å². The zero-order valence-corrected chi connectivity index (χ0v) is 16.1. The smallest absolute Gasteiger partial charge is 0.326 e. The Bertz CT molecular complexity index is 948. The zero-order chi connectivity index (χ0) is 21.1. The van der Waals surface area contributed by atoms with Crippen LogP contribution in [0, 0.1) is 17.6 Å². The lowest BCUT2D eigenvalue weighted by Crippen LogP contribution is -2.40. The zero-order valence-electron chi connectivity index (χ0n) is 16.1. The number of benzene rings is 2. The number of halogens is 2. The number of imide groups is 1. The highest BCUT2D eigenvalue weighted by Gasteiger charge is 2.46. The van der Waals surface area contributed by atoms with Gasteiger partial charge in [0.15, 0.2) is 0 Å². The Morgan fingerprint density at radius 3 is 2.34 bits per heavy atom. The lowest BCUT2D eigenvalue weighted by molar-refractivity contribution is -0.124. The van der Waals surface area contributed by atoms with E-state index in [1.807, 2.05) is 13.8 Å². The summed E-state index contributed by atoms with van der Waals surface area (Å²) in [6, 6.07) is 8.92. The Labute approximate surface area is 167 Å². The molecule has 1 N–H and O–H groups in total. The van der Waals surface area contributed by atoms with Crippen molar-refractivity contribution in [3.05, 3.63) is 60.2 Å². The van der Waals surface area contributed by atoms with E-state index in [0.717, 1.165) is 17.0 Å². The first-order valence-electron chi connectivity index (χ1n) is 9.22. The molecule has 2 aromatic rings. The standard InChI is InChI=1S/C21H21F2N3O3/c1-13(2)12-25-18(11-19(27)24-16-7-3-5-14(22)9-16)20(28)26(21(25)29)17-8-4-6-15(23)10-17/h3-10,13,18H,11-12H2,1-2H3,(H,24,27)/t18-/m0/s1. The predicted octanol–water partition coefficient (Wildman–Crippen LogP) is 3.79. The molecule has 0 aromatic heterocycles. The van der Waals surface area contributed by atoms with Gasteiger partial charge in [-0.15, -0.1) is 0 Å². The van der Waals surface area contributed by atoms with Gasteiger partial charge in [0.2, 0.25) is 5.91 Å². The third-order valence-corrected chi connectivity index (χ3v) is 4.43. The van der Waals surface area contributed by atoms with Crippen molar-refractivity contribution < 1.29 is 23.2 Å². The Kier molecular flexibility index (Phi) is 5.91. The number of nitrogens with zero attached hydrogens (tertiary/aromatic N) is 2. The van der Waals surface area contributed by atoms with E-state index in [4.69, 9.17) is 0 Å². The maximum atomic E-state index is 13.6. The molecule has 0 bridgehead atoms. The molecule has 0 unspecified atom stereocenters. The molecule has 1 heterocycles. The van der Waals surface area contributed by atoms with E-state index in [0.29, 0.717) is 0 Å². The minimum absolute atomic E-state index is 0.0491. The van der Waals surface area contributed by atoms with Crippen molar-refractivity contribution in [1.82, 2.24) is 4.90 Å². The quantitative estimate of drug-likeness (QED) is 0.749. The molecular formula is C21H21F2N3O3. The molecule has 1 atom stereocenters. The Hall–Kier alpha value is -3.29. The number of carbonyl (C=O) groups excluding carboxylic acids is 3. The molecule has 6 nitrogen and oxygen atoms in total. The van der Waals surface area contributed by atoms with Crippen LogP contribution in [0.5, 0.6) is 0 Å². The van der Waals surface area contributed by atoms with Crippen LogP contribution in [0.4, 0.5) is 25.0 Å². The van der Waals surface area contributed by atoms with Crippen LogP contribution >= 0.6 is 0 Å². The predicted molar refractivity (Wildman–Crippen MR) is 104 cm³/mol. The summed E-state index contributed by atoms with van der Waals surface area (Å²) in [5.74, 6) is -2.17. The van der Waals surface area contributed by atoms with E-state index in [9.17, 15) is 23.2 Å². The van der Waals surface area contributed by atoms with Crippen LogP contribution in [-0.2, 0) is 9.59 Å². The Morgan fingerprint density at radius 1 is 1.07 bits per heavy atom. The van der Waals surface area contributed by atoms with E-state index in [1.54, 1.807) is 0 Å². The first kappa shape index (κ1) is 20.4. The normalized spacial score (nSPS) is 16.7. The summed E-state index contributed by atoms with van der Waals surface area (Å²) in [5.41, 5.74) is 0.367. The number of amides is 4. The minimum Gasteiger partial charge on any atom is -0.326 e. The fraction of sp³-hybridized carbons (Fsp3) is 0.286. The average molecular weight is 401 g/mol. The second-order valence-electron chi connectivity index (χ2n) is 7.26. The van der Waals surface area contributed by atoms with Gasteiger partial charge in [0, 0.05) is 12.2 Å². The molecule has 0 radical (unpaired) electrons. The molecule has 152 valence electrons. The summed E-state index contributed by atoms with van der Waals surface area (Å²) in [6.45, 7) is 4.02. The number of hydrogen-bond acceptors (Lipinski definition) is 3. The molecule has 1 aliphatic rings. The lowest BCUT2D eigenvalue weighted by Gasteiger charge is -2.23. The summed E-state index contributed by atoms with van der Waals surface area (Å²) < 4.78 is 26.9. The first-order valence-corrected chi connectivity index (χ1v) is 9.22. The monoisotopic (exact) mass is 401 g/mol. The molecule has 0 aliphatic carbocycles. The molecule has 2 aromatic carbocycles. The van der Waals surface area contributed by atoms with Crippen LogP contribution in [-0.4, -0.2) is 35.3 Å². The summed E-state index contributed by atoms with van der Waals surface area (Å²) in [4.78, 5) is 40.5. The number of carbonyl (C=O) groups is 3. The fourth-order valence-electron chi connectivity index (χ4n) is 3.24. The van der Waals surface area contributed by atoms with Gasteiger partial charge >= 0.3 is 6.03 Å². The SMILES string of the molecule is CC(C)CN1C(=O)N(c2cccc(F)c2)C(=O)[C@@H]1CC(=O)Nc1cccc(F)c1. The number of hydrogen-bond donors (Lipinski definition) is 1. The van der Waals surface area contributed by atoms with Crippen LogP contribution in [0.15, 0.2) is 48.5 Å². The largest absolute Gasteiger partial charge is 0.332 e. The van der Waals surface area contributed by atoms with Crippen LogP contribution in [0.25, 0.3) is 0 Å². The molecule has 1 aliphatic heterocycles. The van der Waals surface area contributed by atoms with Crippen LogP contribution in [0.3, 0.4) is 0 Å². The van der Waals surface area contributed by atoms with Gasteiger partial charge in [0.25, 0.3) is 5.91 Å². The molecule has 8 heteroatoms. The van der Waals surface area contributed by atoms with E-state index in [-0.39, 0.29) is 30.3 Å². The van der Waals surface area contributed by atoms with Crippen LogP contribution < -0.4 is 10.2 Å². The molecule has 0 saturated carbocycles. The highest BCUT2D eigenvalue weighted by Crippen LogP contribution is 2.28. The van der Waals surface area contributed by atoms with E-state index < -0.39 is 35.5 Å². The molecule has 1 fully saturated rings. The maximum absolute atomic E-state index is 13.6. The van der Waals surface area contributed by atoms with Crippen molar-refractivity contribution in [1.29, 1.82) is 0 Å². The Balaban J connectivity index is 1.83. The van der Waals surface area contributed by atoms with Gasteiger partial charge in [0.05, 0.1) is 12.1 Å². The second-order valence-corrected chi connectivity index (χ2v) is 7.26. The summed E-state index contributed by atoms with van der Waals surface area (Å²) in [5, 5.41) is 2.53. The van der Waals surface area contributed by atoms with Crippen LogP contribution in [0.2, 0.25) is 0 Å². The second kappa shape index (κ2) is 8.38. The Morgan fingerprint density at radius 2 is 1.72 bits per heavy atom. The topological polar surface area (TPSA) is 69.7 Å². The van der Waals surface area contributed by atoms with E-state index in [1.165, 1.54) is 41.3 Å². The van der Waals surface area contributed by atoms with Gasteiger partial charge < -0.3 is 10.2 Å². The average Bonchev–Trinajstić information content (AvgIpc) is 2.85. The van der Waals surface area contributed by atoms with Crippen molar-refractivity contribution in [3.63, 3.8) is 0 Å². The van der Waals surface area contributed by atoms with Gasteiger partial charge in [-0.3, -0.25) is 9.59 Å². The minimum atomic E-state index is -1.03. The molecular weight excluding hydrogens is 380 g/mol. The highest BCUT2D eigenvalue weighted by molar-refractivity contribution is 6.22.